The third kappa shape index (κ3) is 3.61. The van der Waals surface area contributed by atoms with Crippen LogP contribution in [0.1, 0.15) is 31.1 Å². The summed E-state index contributed by atoms with van der Waals surface area (Å²) in [4.78, 5) is 11.0. The molecule has 4 nitrogen and oxygen atoms in total. The van der Waals surface area contributed by atoms with Crippen LogP contribution in [0.5, 0.6) is 0 Å². The average molecular weight is 257 g/mol. The summed E-state index contributed by atoms with van der Waals surface area (Å²) >= 11 is 5.92. The lowest BCUT2D eigenvalue weighted by atomic mass is 10.0. The summed E-state index contributed by atoms with van der Waals surface area (Å²) < 4.78 is 0. The molecule has 1 amide bonds. The first-order chi connectivity index (χ1) is 7.71. The van der Waals surface area contributed by atoms with E-state index in [1.807, 2.05) is 6.92 Å². The molecule has 0 spiro atoms. The maximum atomic E-state index is 11.0. The van der Waals surface area contributed by atoms with Crippen molar-refractivity contribution in [3.63, 3.8) is 0 Å². The van der Waals surface area contributed by atoms with Crippen molar-refractivity contribution >= 4 is 23.2 Å². The second-order valence-corrected chi connectivity index (χ2v) is 4.99. The summed E-state index contributed by atoms with van der Waals surface area (Å²) in [6.45, 7) is 5.28. The number of primary amides is 1. The number of nitrogens with one attached hydrogen (secondary N) is 1. The molecule has 5 heteroatoms. The lowest BCUT2D eigenvalue weighted by Crippen LogP contribution is -2.39. The molecule has 1 aromatic carbocycles. The Morgan fingerprint density at radius 1 is 1.53 bits per heavy atom. The van der Waals surface area contributed by atoms with Crippen LogP contribution >= 0.6 is 11.6 Å². The first-order valence-corrected chi connectivity index (χ1v) is 5.68. The number of amides is 1. The van der Waals surface area contributed by atoms with E-state index in [2.05, 4.69) is 5.32 Å². The van der Waals surface area contributed by atoms with Gasteiger partial charge in [0.2, 0.25) is 5.91 Å². The minimum absolute atomic E-state index is 0.155. The molecule has 1 rings (SSSR count). The highest BCUT2D eigenvalue weighted by atomic mass is 35.5. The van der Waals surface area contributed by atoms with E-state index < -0.39 is 11.5 Å². The topological polar surface area (TPSA) is 75.3 Å². The first kappa shape index (κ1) is 13.8. The molecule has 0 saturated carbocycles. The highest BCUT2D eigenvalue weighted by Gasteiger charge is 2.22. The van der Waals surface area contributed by atoms with Crippen molar-refractivity contribution in [2.75, 3.05) is 5.32 Å². The lowest BCUT2D eigenvalue weighted by molar-refractivity contribution is 0.0649. The minimum atomic E-state index is -0.852. The second kappa shape index (κ2) is 4.94. The number of rotatable bonds is 4. The molecule has 0 heterocycles. The van der Waals surface area contributed by atoms with Crippen LogP contribution in [0.2, 0.25) is 5.02 Å². The average Bonchev–Trinajstić information content (AvgIpc) is 2.15. The smallest absolute Gasteiger partial charge is 0.250 e. The molecule has 4 N–H and O–H groups in total. The van der Waals surface area contributed by atoms with E-state index in [0.717, 1.165) is 5.69 Å². The van der Waals surface area contributed by atoms with Crippen LogP contribution in [0.4, 0.5) is 5.69 Å². The summed E-state index contributed by atoms with van der Waals surface area (Å²) in [5.74, 6) is -0.558. The molecule has 0 saturated heterocycles. The highest BCUT2D eigenvalue weighted by molar-refractivity contribution is 6.34. The second-order valence-electron chi connectivity index (χ2n) is 4.58. The van der Waals surface area contributed by atoms with Crippen molar-refractivity contribution < 1.29 is 9.90 Å². The third-order valence-corrected chi connectivity index (χ3v) is 2.99. The van der Waals surface area contributed by atoms with Crippen LogP contribution in [0, 0.1) is 0 Å². The third-order valence-electron chi connectivity index (χ3n) is 2.68. The van der Waals surface area contributed by atoms with E-state index in [-0.39, 0.29) is 11.6 Å². The molecule has 0 aliphatic rings. The molecule has 0 fully saturated rings. The normalized spacial score (nSPS) is 13.2. The fourth-order valence-corrected chi connectivity index (χ4v) is 1.51. The largest absolute Gasteiger partial charge is 0.388 e. The van der Waals surface area contributed by atoms with Gasteiger partial charge in [-0.25, -0.2) is 0 Å². The number of carbonyl (C=O) groups is 1. The predicted molar refractivity (Wildman–Crippen MR) is 69.4 cm³/mol. The van der Waals surface area contributed by atoms with E-state index in [1.54, 1.807) is 32.0 Å². The Morgan fingerprint density at radius 3 is 2.53 bits per heavy atom. The molecule has 1 unspecified atom stereocenters. The molecule has 0 aromatic heterocycles. The summed E-state index contributed by atoms with van der Waals surface area (Å²) in [5, 5.41) is 13.2. The van der Waals surface area contributed by atoms with Gasteiger partial charge in [-0.3, -0.25) is 4.79 Å². The number of carbonyl (C=O) groups excluding carboxylic acids is 1. The molecule has 17 heavy (non-hydrogen) atoms. The fraction of sp³-hybridized carbons (Fsp3) is 0.417. The summed E-state index contributed by atoms with van der Waals surface area (Å²) in [7, 11) is 0. The predicted octanol–water partition coefficient (Wildman–Crippen LogP) is 2.01. The van der Waals surface area contributed by atoms with Crippen LogP contribution in [0.25, 0.3) is 0 Å². The summed E-state index contributed by atoms with van der Waals surface area (Å²) in [5.41, 5.74) is 5.32. The lowest BCUT2D eigenvalue weighted by Gasteiger charge is -2.27. The molecule has 1 aromatic rings. The number of hydrogen-bond acceptors (Lipinski definition) is 3. The molecular weight excluding hydrogens is 240 g/mol. The number of anilines is 1. The molecule has 1 atom stereocenters. The Morgan fingerprint density at radius 2 is 2.12 bits per heavy atom. The first-order valence-electron chi connectivity index (χ1n) is 5.30. The van der Waals surface area contributed by atoms with Gasteiger partial charge >= 0.3 is 0 Å². The number of halogens is 1. The van der Waals surface area contributed by atoms with Crippen molar-refractivity contribution in [1.82, 2.24) is 0 Å². The quantitative estimate of drug-likeness (QED) is 0.771. The Balaban J connectivity index is 2.88. The zero-order chi connectivity index (χ0) is 13.2. The molecule has 0 aliphatic carbocycles. The van der Waals surface area contributed by atoms with Gasteiger partial charge in [-0.05, 0) is 39.0 Å². The number of benzene rings is 1. The molecule has 0 bridgehead atoms. The van der Waals surface area contributed by atoms with Crippen molar-refractivity contribution in [3.05, 3.63) is 28.8 Å². The van der Waals surface area contributed by atoms with Crippen LogP contribution in [-0.2, 0) is 0 Å². The summed E-state index contributed by atoms with van der Waals surface area (Å²) in [6.07, 6.45) is 0. The molecular formula is C12H17ClN2O2. The SMILES string of the molecule is CC(Nc1ccc(C(N)=O)c(Cl)c1)C(C)(C)O. The number of aliphatic hydroxyl groups is 1. The maximum Gasteiger partial charge on any atom is 0.250 e. The van der Waals surface area contributed by atoms with Gasteiger partial charge in [-0.1, -0.05) is 11.6 Å². The zero-order valence-corrected chi connectivity index (χ0v) is 10.9. The molecule has 0 radical (unpaired) electrons. The van der Waals surface area contributed by atoms with Crippen LogP contribution in [0.3, 0.4) is 0 Å². The van der Waals surface area contributed by atoms with Gasteiger partial charge in [0.05, 0.1) is 22.2 Å². The van der Waals surface area contributed by atoms with Gasteiger partial charge in [0.1, 0.15) is 0 Å². The van der Waals surface area contributed by atoms with E-state index in [9.17, 15) is 9.90 Å². The fourth-order valence-electron chi connectivity index (χ4n) is 1.23. The van der Waals surface area contributed by atoms with Gasteiger partial charge in [0.25, 0.3) is 0 Å². The Labute approximate surface area is 106 Å². The minimum Gasteiger partial charge on any atom is -0.388 e. The molecule has 94 valence electrons. The van der Waals surface area contributed by atoms with E-state index in [0.29, 0.717) is 5.02 Å². The monoisotopic (exact) mass is 256 g/mol. The standard InChI is InChI=1S/C12H17ClN2O2/c1-7(12(2,3)17)15-8-4-5-9(11(14)16)10(13)6-8/h4-7,15,17H,1-3H3,(H2,14,16). The van der Waals surface area contributed by atoms with Gasteiger partial charge in [0, 0.05) is 5.69 Å². The van der Waals surface area contributed by atoms with E-state index in [1.165, 1.54) is 0 Å². The van der Waals surface area contributed by atoms with Gasteiger partial charge in [0.15, 0.2) is 0 Å². The highest BCUT2D eigenvalue weighted by Crippen LogP contribution is 2.22. The van der Waals surface area contributed by atoms with Crippen LogP contribution in [-0.4, -0.2) is 22.7 Å². The summed E-state index contributed by atoms with van der Waals surface area (Å²) in [6, 6.07) is 4.72. The van der Waals surface area contributed by atoms with Crippen molar-refractivity contribution in [3.8, 4) is 0 Å². The van der Waals surface area contributed by atoms with Gasteiger partial charge < -0.3 is 16.2 Å². The van der Waals surface area contributed by atoms with Crippen molar-refractivity contribution in [1.29, 1.82) is 0 Å². The number of hydrogen-bond donors (Lipinski definition) is 3. The van der Waals surface area contributed by atoms with E-state index >= 15 is 0 Å². The Hall–Kier alpha value is -1.26. The maximum absolute atomic E-state index is 11.0. The van der Waals surface area contributed by atoms with Crippen molar-refractivity contribution in [2.24, 2.45) is 5.73 Å². The van der Waals surface area contributed by atoms with Gasteiger partial charge in [-0.15, -0.1) is 0 Å². The number of nitrogens with two attached hydrogens (primary N) is 1. The zero-order valence-electron chi connectivity index (χ0n) is 10.1. The van der Waals surface area contributed by atoms with Crippen LogP contribution < -0.4 is 11.1 Å². The Bertz CT molecular complexity index is 427. The van der Waals surface area contributed by atoms with E-state index in [4.69, 9.17) is 17.3 Å². The Kier molecular flexibility index (Phi) is 4.01. The molecule has 0 aliphatic heterocycles. The van der Waals surface area contributed by atoms with Crippen LogP contribution in [0.15, 0.2) is 18.2 Å². The van der Waals surface area contributed by atoms with Crippen molar-refractivity contribution in [2.45, 2.75) is 32.4 Å². The van der Waals surface area contributed by atoms with Gasteiger partial charge in [-0.2, -0.15) is 0 Å².